The summed E-state index contributed by atoms with van der Waals surface area (Å²) < 4.78 is 19.2. The van der Waals surface area contributed by atoms with E-state index in [2.05, 4.69) is 5.16 Å². The van der Waals surface area contributed by atoms with E-state index in [1.54, 1.807) is 17.0 Å². The topological polar surface area (TPSA) is 46.3 Å². The van der Waals surface area contributed by atoms with Crippen molar-refractivity contribution in [3.8, 4) is 0 Å². The normalized spacial score (nSPS) is 14.0. The van der Waals surface area contributed by atoms with Crippen LogP contribution < -0.4 is 0 Å². The second-order valence-corrected chi connectivity index (χ2v) is 6.66. The zero-order valence-electron chi connectivity index (χ0n) is 13.8. The molecule has 0 aliphatic heterocycles. The first-order valence-electron chi connectivity index (χ1n) is 8.11. The summed E-state index contributed by atoms with van der Waals surface area (Å²) in [5.41, 5.74) is 2.18. The van der Waals surface area contributed by atoms with Gasteiger partial charge in [-0.15, -0.1) is 0 Å². The lowest BCUT2D eigenvalue weighted by Gasteiger charge is -2.23. The standard InChI is InChI=1S/C18H20ClFN2O2/c1-11-14(12(2)24-21-11)8-9-18(23)22(13-6-7-13)10-15-16(19)4-3-5-17(15)20/h3-5,13H,6-10H2,1-2H3. The van der Waals surface area contributed by atoms with Crippen LogP contribution in [-0.4, -0.2) is 22.0 Å². The Labute approximate surface area is 145 Å². The molecule has 1 fully saturated rings. The molecule has 6 heteroatoms. The zero-order chi connectivity index (χ0) is 17.3. The molecule has 4 nitrogen and oxygen atoms in total. The Bertz CT molecular complexity index is 716. The van der Waals surface area contributed by atoms with Crippen LogP contribution in [0.2, 0.25) is 5.02 Å². The summed E-state index contributed by atoms with van der Waals surface area (Å²) in [6.45, 7) is 3.93. The van der Waals surface area contributed by atoms with E-state index in [1.807, 2.05) is 13.8 Å². The predicted molar refractivity (Wildman–Crippen MR) is 89.3 cm³/mol. The number of carbonyl (C=O) groups is 1. The molecule has 24 heavy (non-hydrogen) atoms. The molecule has 0 saturated heterocycles. The fourth-order valence-electron chi connectivity index (χ4n) is 2.90. The molecule has 0 atom stereocenters. The van der Waals surface area contributed by atoms with E-state index in [0.717, 1.165) is 29.9 Å². The highest BCUT2D eigenvalue weighted by Crippen LogP contribution is 2.31. The van der Waals surface area contributed by atoms with Crippen molar-refractivity contribution in [1.82, 2.24) is 10.1 Å². The molecule has 0 bridgehead atoms. The third-order valence-corrected chi connectivity index (χ3v) is 4.82. The average Bonchev–Trinajstić information content (AvgIpc) is 3.32. The first-order valence-corrected chi connectivity index (χ1v) is 8.49. The number of halogens is 2. The van der Waals surface area contributed by atoms with Gasteiger partial charge in [0.25, 0.3) is 0 Å². The molecule has 1 aromatic carbocycles. The highest BCUT2D eigenvalue weighted by molar-refractivity contribution is 6.31. The van der Waals surface area contributed by atoms with Crippen molar-refractivity contribution >= 4 is 17.5 Å². The van der Waals surface area contributed by atoms with Crippen molar-refractivity contribution < 1.29 is 13.7 Å². The third-order valence-electron chi connectivity index (χ3n) is 4.47. The lowest BCUT2D eigenvalue weighted by molar-refractivity contribution is -0.132. The Morgan fingerprint density at radius 3 is 2.71 bits per heavy atom. The molecule has 0 N–H and O–H groups in total. The number of aryl methyl sites for hydroxylation is 2. The Balaban J connectivity index is 1.70. The second kappa shape index (κ2) is 6.93. The van der Waals surface area contributed by atoms with Crippen LogP contribution in [-0.2, 0) is 17.8 Å². The molecular formula is C18H20ClFN2O2. The number of carbonyl (C=O) groups excluding carboxylic acids is 1. The fourth-order valence-corrected chi connectivity index (χ4v) is 3.12. The molecule has 1 aliphatic carbocycles. The Kier molecular flexibility index (Phi) is 4.90. The van der Waals surface area contributed by atoms with E-state index in [0.29, 0.717) is 23.4 Å². The van der Waals surface area contributed by atoms with Crippen molar-refractivity contribution in [3.63, 3.8) is 0 Å². The van der Waals surface area contributed by atoms with Gasteiger partial charge < -0.3 is 9.42 Å². The van der Waals surface area contributed by atoms with E-state index in [9.17, 15) is 9.18 Å². The van der Waals surface area contributed by atoms with Crippen LogP contribution in [0, 0.1) is 19.7 Å². The van der Waals surface area contributed by atoms with Crippen LogP contribution in [0.3, 0.4) is 0 Å². The van der Waals surface area contributed by atoms with Crippen LogP contribution in [0.4, 0.5) is 4.39 Å². The van der Waals surface area contributed by atoms with Crippen LogP contribution in [0.5, 0.6) is 0 Å². The number of amides is 1. The predicted octanol–water partition coefficient (Wildman–Crippen LogP) is 4.21. The van der Waals surface area contributed by atoms with Crippen LogP contribution in [0.15, 0.2) is 22.7 Å². The summed E-state index contributed by atoms with van der Waals surface area (Å²) >= 11 is 6.10. The number of hydrogen-bond donors (Lipinski definition) is 0. The SMILES string of the molecule is Cc1noc(C)c1CCC(=O)N(Cc1c(F)cccc1Cl)C1CC1. The van der Waals surface area contributed by atoms with Gasteiger partial charge in [-0.05, 0) is 45.2 Å². The fraction of sp³-hybridized carbons (Fsp3) is 0.444. The van der Waals surface area contributed by atoms with Gasteiger partial charge in [0.1, 0.15) is 11.6 Å². The molecule has 1 aromatic heterocycles. The first kappa shape index (κ1) is 17.0. The van der Waals surface area contributed by atoms with E-state index in [-0.39, 0.29) is 24.3 Å². The molecule has 1 amide bonds. The van der Waals surface area contributed by atoms with Gasteiger partial charge in [-0.25, -0.2) is 4.39 Å². The highest BCUT2D eigenvalue weighted by Gasteiger charge is 2.33. The minimum absolute atomic E-state index is 0.0109. The van der Waals surface area contributed by atoms with Crippen LogP contribution >= 0.6 is 11.6 Å². The first-order chi connectivity index (χ1) is 11.5. The number of benzene rings is 1. The Hall–Kier alpha value is -1.88. The van der Waals surface area contributed by atoms with E-state index in [4.69, 9.17) is 16.1 Å². The number of aromatic nitrogens is 1. The molecular weight excluding hydrogens is 331 g/mol. The molecule has 1 aliphatic rings. The van der Waals surface area contributed by atoms with Gasteiger partial charge in [0.05, 0.1) is 12.2 Å². The van der Waals surface area contributed by atoms with Crippen LogP contribution in [0.1, 0.15) is 41.8 Å². The second-order valence-electron chi connectivity index (χ2n) is 6.26. The number of rotatable bonds is 6. The van der Waals surface area contributed by atoms with Gasteiger partial charge in [0.15, 0.2) is 0 Å². The zero-order valence-corrected chi connectivity index (χ0v) is 14.6. The van der Waals surface area contributed by atoms with Crippen molar-refractivity contribution in [2.75, 3.05) is 0 Å². The summed E-state index contributed by atoms with van der Waals surface area (Å²) in [7, 11) is 0. The van der Waals surface area contributed by atoms with E-state index >= 15 is 0 Å². The quantitative estimate of drug-likeness (QED) is 0.784. The largest absolute Gasteiger partial charge is 0.361 e. The minimum atomic E-state index is -0.369. The number of nitrogens with zero attached hydrogens (tertiary/aromatic N) is 2. The van der Waals surface area contributed by atoms with Gasteiger partial charge in [0, 0.05) is 28.6 Å². The maximum atomic E-state index is 14.0. The highest BCUT2D eigenvalue weighted by atomic mass is 35.5. The van der Waals surface area contributed by atoms with Crippen molar-refractivity contribution in [2.24, 2.45) is 0 Å². The van der Waals surface area contributed by atoms with Crippen molar-refractivity contribution in [1.29, 1.82) is 0 Å². The van der Waals surface area contributed by atoms with Gasteiger partial charge in [0.2, 0.25) is 5.91 Å². The maximum Gasteiger partial charge on any atom is 0.223 e. The Morgan fingerprint density at radius 1 is 1.38 bits per heavy atom. The smallest absolute Gasteiger partial charge is 0.223 e. The maximum absolute atomic E-state index is 14.0. The van der Waals surface area contributed by atoms with Gasteiger partial charge >= 0.3 is 0 Å². The molecule has 128 valence electrons. The molecule has 0 spiro atoms. The minimum Gasteiger partial charge on any atom is -0.361 e. The lowest BCUT2D eigenvalue weighted by Crippen LogP contribution is -2.33. The lowest BCUT2D eigenvalue weighted by atomic mass is 10.1. The van der Waals surface area contributed by atoms with Gasteiger partial charge in [-0.1, -0.05) is 22.8 Å². The van der Waals surface area contributed by atoms with Crippen molar-refractivity contribution in [3.05, 3.63) is 51.6 Å². The molecule has 3 rings (SSSR count). The Morgan fingerprint density at radius 2 is 2.12 bits per heavy atom. The summed E-state index contributed by atoms with van der Waals surface area (Å²) in [6, 6.07) is 4.79. The van der Waals surface area contributed by atoms with E-state index < -0.39 is 0 Å². The van der Waals surface area contributed by atoms with Crippen molar-refractivity contribution in [2.45, 2.75) is 52.1 Å². The summed E-state index contributed by atoms with van der Waals surface area (Å²) in [5.74, 6) is 0.388. The number of hydrogen-bond acceptors (Lipinski definition) is 3. The summed E-state index contributed by atoms with van der Waals surface area (Å²) in [6.07, 6.45) is 2.85. The monoisotopic (exact) mass is 350 g/mol. The average molecular weight is 351 g/mol. The summed E-state index contributed by atoms with van der Waals surface area (Å²) in [5, 5.41) is 4.27. The molecule has 1 heterocycles. The van der Waals surface area contributed by atoms with E-state index in [1.165, 1.54) is 6.07 Å². The molecule has 1 saturated carbocycles. The van der Waals surface area contributed by atoms with Gasteiger partial charge in [-0.3, -0.25) is 4.79 Å². The third kappa shape index (κ3) is 3.61. The van der Waals surface area contributed by atoms with Gasteiger partial charge in [-0.2, -0.15) is 0 Å². The molecule has 0 radical (unpaired) electrons. The molecule has 0 unspecified atom stereocenters. The molecule has 2 aromatic rings. The van der Waals surface area contributed by atoms with Crippen LogP contribution in [0.25, 0.3) is 0 Å². The summed E-state index contributed by atoms with van der Waals surface area (Å²) in [4.78, 5) is 14.4.